The van der Waals surface area contributed by atoms with Crippen LogP contribution in [0.25, 0.3) is 11.1 Å². The highest BCUT2D eigenvalue weighted by molar-refractivity contribution is 6.00. The van der Waals surface area contributed by atoms with Crippen molar-refractivity contribution in [3.8, 4) is 16.9 Å². The van der Waals surface area contributed by atoms with Crippen LogP contribution in [0.15, 0.2) is 48.5 Å². The summed E-state index contributed by atoms with van der Waals surface area (Å²) >= 11 is 0. The van der Waals surface area contributed by atoms with E-state index in [4.69, 9.17) is 9.47 Å². The number of carboxylic acid groups (broad SMARTS) is 1. The van der Waals surface area contributed by atoms with E-state index in [9.17, 15) is 14.7 Å². The topological polar surface area (TPSA) is 84.9 Å². The van der Waals surface area contributed by atoms with Gasteiger partial charge in [0.15, 0.2) is 5.78 Å². The number of carboxylic acids is 1. The molecule has 1 fully saturated rings. The second kappa shape index (κ2) is 9.67. The van der Waals surface area contributed by atoms with Crippen LogP contribution >= 0.6 is 0 Å². The van der Waals surface area contributed by atoms with Crippen molar-refractivity contribution in [3.05, 3.63) is 81.9 Å². The second-order valence-electron chi connectivity index (χ2n) is 10.3. The van der Waals surface area contributed by atoms with Crippen molar-refractivity contribution in [2.75, 3.05) is 12.4 Å². The first kappa shape index (κ1) is 25.0. The smallest absolute Gasteiger partial charge is 0.329 e. The van der Waals surface area contributed by atoms with E-state index in [2.05, 4.69) is 29.6 Å². The van der Waals surface area contributed by atoms with Crippen molar-refractivity contribution in [2.45, 2.75) is 64.7 Å². The zero-order valence-corrected chi connectivity index (χ0v) is 21.8. The fourth-order valence-corrected chi connectivity index (χ4v) is 5.46. The van der Waals surface area contributed by atoms with Gasteiger partial charge >= 0.3 is 5.97 Å². The number of ether oxygens (including phenoxy) is 2. The van der Waals surface area contributed by atoms with Crippen LogP contribution in [0.3, 0.4) is 0 Å². The summed E-state index contributed by atoms with van der Waals surface area (Å²) in [5.74, 6) is -0.306. The van der Waals surface area contributed by atoms with Crippen LogP contribution in [0, 0.1) is 13.8 Å². The van der Waals surface area contributed by atoms with E-state index in [0.717, 1.165) is 46.3 Å². The number of fused-ring (bicyclic) bond motifs is 1. The van der Waals surface area contributed by atoms with E-state index in [1.165, 1.54) is 11.1 Å². The third kappa shape index (κ3) is 4.74. The van der Waals surface area contributed by atoms with Crippen molar-refractivity contribution in [1.29, 1.82) is 0 Å². The van der Waals surface area contributed by atoms with Gasteiger partial charge < -0.3 is 19.9 Å². The summed E-state index contributed by atoms with van der Waals surface area (Å²) in [7, 11) is 1.58. The molecule has 6 heteroatoms. The van der Waals surface area contributed by atoms with E-state index in [1.807, 2.05) is 38.1 Å². The van der Waals surface area contributed by atoms with Crippen molar-refractivity contribution in [1.82, 2.24) is 0 Å². The summed E-state index contributed by atoms with van der Waals surface area (Å²) in [5.41, 5.74) is 7.95. The van der Waals surface area contributed by atoms with Crippen LogP contribution in [-0.2, 0) is 29.0 Å². The number of hydrogen-bond acceptors (Lipinski definition) is 5. The molecule has 0 aliphatic heterocycles. The van der Waals surface area contributed by atoms with E-state index < -0.39 is 11.5 Å². The minimum Gasteiger partial charge on any atom is -0.496 e. The maximum absolute atomic E-state index is 12.3. The monoisotopic (exact) mass is 499 g/mol. The molecule has 37 heavy (non-hydrogen) atoms. The highest BCUT2D eigenvalue weighted by Crippen LogP contribution is 2.41. The molecule has 5 rings (SSSR count). The van der Waals surface area contributed by atoms with Crippen LogP contribution in [0.4, 0.5) is 5.69 Å². The van der Waals surface area contributed by atoms with Crippen LogP contribution in [0.2, 0.25) is 0 Å². The summed E-state index contributed by atoms with van der Waals surface area (Å²) in [6.07, 6.45) is 3.07. The number of Topliss-reactive ketones (excluding diaryl/α,β-unsaturated/α-hetero) is 1. The number of carbonyl (C=O) groups is 2. The minimum absolute atomic E-state index is 0.0312. The molecule has 2 aliphatic rings. The fraction of sp³-hybridized carbons (Fsp3) is 0.355. The quantitative estimate of drug-likeness (QED) is 0.357. The molecule has 192 valence electrons. The molecule has 1 saturated carbocycles. The predicted molar refractivity (Wildman–Crippen MR) is 144 cm³/mol. The van der Waals surface area contributed by atoms with Gasteiger partial charge in [0, 0.05) is 5.69 Å². The first-order valence-corrected chi connectivity index (χ1v) is 12.7. The molecule has 0 bridgehead atoms. The number of carbonyl (C=O) groups excluding carboxylic acids is 1. The second-order valence-corrected chi connectivity index (χ2v) is 10.3. The van der Waals surface area contributed by atoms with Gasteiger partial charge in [0.05, 0.1) is 25.4 Å². The number of methoxy groups -OCH3 is 1. The molecular weight excluding hydrogens is 466 g/mol. The number of rotatable bonds is 9. The van der Waals surface area contributed by atoms with Crippen LogP contribution < -0.4 is 10.1 Å². The highest BCUT2D eigenvalue weighted by Gasteiger charge is 2.50. The molecule has 0 heterocycles. The van der Waals surface area contributed by atoms with Crippen LogP contribution in [0.5, 0.6) is 5.75 Å². The Balaban J connectivity index is 1.51. The van der Waals surface area contributed by atoms with Gasteiger partial charge in [-0.3, -0.25) is 4.79 Å². The number of ketones is 1. The average Bonchev–Trinajstić information content (AvgIpc) is 3.54. The summed E-state index contributed by atoms with van der Waals surface area (Å²) in [6.45, 7) is 5.91. The van der Waals surface area contributed by atoms with Gasteiger partial charge in [-0.25, -0.2) is 4.79 Å². The number of aliphatic carboxylic acids is 1. The Morgan fingerprint density at radius 1 is 1.00 bits per heavy atom. The summed E-state index contributed by atoms with van der Waals surface area (Å²) in [5, 5.41) is 12.9. The Morgan fingerprint density at radius 3 is 2.24 bits per heavy atom. The van der Waals surface area contributed by atoms with Crippen molar-refractivity contribution < 1.29 is 24.2 Å². The average molecular weight is 500 g/mol. The van der Waals surface area contributed by atoms with E-state index in [-0.39, 0.29) is 11.9 Å². The Morgan fingerprint density at radius 2 is 1.68 bits per heavy atom. The standard InChI is InChI=1S/C31H33NO5/c1-18-19(2)29(20(3)33)28(36-4)16-27(18)26-10-9-24(32-31(11-12-31)30(34)35)13-23(26)17-37-25-14-21-7-5-6-8-22(21)15-25/h5-10,13,16,25,32H,11-12,14-15,17H2,1-4H3,(H,34,35). The van der Waals surface area contributed by atoms with Crippen LogP contribution in [-0.4, -0.2) is 35.6 Å². The van der Waals surface area contributed by atoms with Crippen molar-refractivity contribution in [2.24, 2.45) is 0 Å². The molecule has 2 N–H and O–H groups in total. The minimum atomic E-state index is -0.883. The van der Waals surface area contributed by atoms with E-state index >= 15 is 0 Å². The fourth-order valence-electron chi connectivity index (χ4n) is 5.46. The Labute approximate surface area is 217 Å². The normalized spacial score (nSPS) is 15.8. The van der Waals surface area contributed by atoms with Crippen LogP contribution in [0.1, 0.15) is 57.9 Å². The number of hydrogen-bond donors (Lipinski definition) is 2. The van der Waals surface area contributed by atoms with Gasteiger partial charge in [-0.1, -0.05) is 30.3 Å². The third-order valence-corrected chi connectivity index (χ3v) is 7.86. The van der Waals surface area contributed by atoms with Crippen molar-refractivity contribution in [3.63, 3.8) is 0 Å². The largest absolute Gasteiger partial charge is 0.496 e. The summed E-state index contributed by atoms with van der Waals surface area (Å²) in [6, 6.07) is 16.3. The number of benzene rings is 3. The molecule has 0 radical (unpaired) electrons. The van der Waals surface area contributed by atoms with Gasteiger partial charge in [-0.15, -0.1) is 0 Å². The SMILES string of the molecule is COc1cc(-c2ccc(NC3(C(=O)O)CC3)cc2COC2Cc3ccccc3C2)c(C)c(C)c1C(C)=O. The molecule has 0 saturated heterocycles. The third-order valence-electron chi connectivity index (χ3n) is 7.86. The highest BCUT2D eigenvalue weighted by atomic mass is 16.5. The first-order valence-electron chi connectivity index (χ1n) is 12.7. The Kier molecular flexibility index (Phi) is 6.54. The van der Waals surface area contributed by atoms with Gasteiger partial charge in [0.25, 0.3) is 0 Å². The first-order chi connectivity index (χ1) is 17.7. The summed E-state index contributed by atoms with van der Waals surface area (Å²) in [4.78, 5) is 24.1. The molecule has 0 aromatic heterocycles. The Hall–Kier alpha value is -3.64. The van der Waals surface area contributed by atoms with Gasteiger partial charge in [-0.2, -0.15) is 0 Å². The van der Waals surface area contributed by atoms with Gasteiger partial charge in [0.1, 0.15) is 11.3 Å². The molecule has 0 spiro atoms. The summed E-state index contributed by atoms with van der Waals surface area (Å²) < 4.78 is 12.1. The lowest BCUT2D eigenvalue weighted by Gasteiger charge is -2.21. The molecular formula is C31H33NO5. The molecule has 0 unspecified atom stereocenters. The lowest BCUT2D eigenvalue weighted by atomic mass is 9.89. The molecule has 0 amide bonds. The van der Waals surface area contributed by atoms with Crippen molar-refractivity contribution >= 4 is 17.4 Å². The molecule has 3 aromatic rings. The molecule has 3 aromatic carbocycles. The van der Waals surface area contributed by atoms with Gasteiger partial charge in [0.2, 0.25) is 0 Å². The van der Waals surface area contributed by atoms with E-state index in [1.54, 1.807) is 14.0 Å². The Bertz CT molecular complexity index is 1360. The maximum atomic E-state index is 12.3. The predicted octanol–water partition coefficient (Wildman–Crippen LogP) is 5.89. The van der Waals surface area contributed by atoms with Gasteiger partial charge in [-0.05, 0) is 104 Å². The molecule has 2 aliphatic carbocycles. The number of anilines is 1. The van der Waals surface area contributed by atoms with E-state index in [0.29, 0.717) is 30.8 Å². The zero-order chi connectivity index (χ0) is 26.3. The lowest BCUT2D eigenvalue weighted by Crippen LogP contribution is -2.31. The maximum Gasteiger partial charge on any atom is 0.329 e. The number of nitrogens with one attached hydrogen (secondary N) is 1. The zero-order valence-electron chi connectivity index (χ0n) is 21.8. The molecule has 0 atom stereocenters. The lowest BCUT2D eigenvalue weighted by molar-refractivity contribution is -0.138. The molecule has 6 nitrogen and oxygen atoms in total.